The van der Waals surface area contributed by atoms with Crippen molar-refractivity contribution in [3.8, 4) is 0 Å². The van der Waals surface area contributed by atoms with Crippen LogP contribution in [0.25, 0.3) is 0 Å². The first kappa shape index (κ1) is 12.8. The van der Waals surface area contributed by atoms with E-state index in [-0.39, 0.29) is 5.41 Å². The summed E-state index contributed by atoms with van der Waals surface area (Å²) in [5.41, 5.74) is 3.09. The molecule has 0 heterocycles. The van der Waals surface area contributed by atoms with Gasteiger partial charge in [0.15, 0.2) is 0 Å². The Morgan fingerprint density at radius 3 is 2.20 bits per heavy atom. The van der Waals surface area contributed by atoms with E-state index in [1.54, 1.807) is 0 Å². The summed E-state index contributed by atoms with van der Waals surface area (Å²) in [6.45, 7) is 7.80. The molecule has 0 unspecified atom stereocenters. The molecule has 0 saturated heterocycles. The zero-order valence-corrected chi connectivity index (χ0v) is 10.9. The van der Waals surface area contributed by atoms with Gasteiger partial charge in [0.05, 0.1) is 0 Å². The van der Waals surface area contributed by atoms with Gasteiger partial charge in [0.1, 0.15) is 0 Å². The van der Waals surface area contributed by atoms with Gasteiger partial charge in [-0.05, 0) is 0 Å². The number of benzene rings is 1. The molecule has 2 heteroatoms. The molecule has 0 aliphatic rings. The van der Waals surface area contributed by atoms with Crippen LogP contribution >= 0.6 is 0 Å². The van der Waals surface area contributed by atoms with Crippen LogP contribution < -0.4 is 4.24 Å². The second-order valence-corrected chi connectivity index (χ2v) is 5.63. The Hall–Kier alpha value is -0.223. The molecule has 0 radical (unpaired) electrons. The molecule has 0 saturated carbocycles. The fraction of sp³-hybridized carbons (Fsp3) is 0.538. The van der Waals surface area contributed by atoms with Crippen molar-refractivity contribution in [1.82, 2.24) is 4.90 Å². The molecule has 0 bridgehead atoms. The average Bonchev–Trinajstić information content (AvgIpc) is 2.05. The molecular formula is C13H20LiN. The van der Waals surface area contributed by atoms with Crippen molar-refractivity contribution in [3.05, 3.63) is 29.3 Å². The van der Waals surface area contributed by atoms with E-state index in [0.717, 1.165) is 6.54 Å². The van der Waals surface area contributed by atoms with Gasteiger partial charge in [-0.3, -0.25) is 0 Å². The van der Waals surface area contributed by atoms with Gasteiger partial charge in [0.2, 0.25) is 0 Å². The van der Waals surface area contributed by atoms with Crippen LogP contribution in [-0.4, -0.2) is 36.7 Å². The van der Waals surface area contributed by atoms with E-state index in [4.69, 9.17) is 0 Å². The standard InChI is InChI=1S/C13H20N.Li/c1-13(2,3)12-8-6-11(7-9-12)10-14(4)5;/h6,8-9H,10H2,1-5H3;. The van der Waals surface area contributed by atoms with Crippen LogP contribution in [0.2, 0.25) is 0 Å². The van der Waals surface area contributed by atoms with Gasteiger partial charge >= 0.3 is 103 Å². The number of hydrogen-bond donors (Lipinski definition) is 0. The molecule has 0 fully saturated rings. The molecule has 0 aliphatic heterocycles. The predicted molar refractivity (Wildman–Crippen MR) is 67.9 cm³/mol. The van der Waals surface area contributed by atoms with Crippen molar-refractivity contribution in [2.75, 3.05) is 14.1 Å². The fourth-order valence-electron chi connectivity index (χ4n) is 1.68. The van der Waals surface area contributed by atoms with Crippen molar-refractivity contribution in [1.29, 1.82) is 0 Å². The molecule has 0 N–H and O–H groups in total. The third-order valence-electron chi connectivity index (χ3n) is 2.70. The van der Waals surface area contributed by atoms with Gasteiger partial charge in [0, 0.05) is 0 Å². The second kappa shape index (κ2) is 4.74. The Bertz CT molecular complexity index is 337. The zero-order chi connectivity index (χ0) is 11.6. The summed E-state index contributed by atoms with van der Waals surface area (Å²) < 4.78 is 1.40. The monoisotopic (exact) mass is 197 g/mol. The average molecular weight is 197 g/mol. The summed E-state index contributed by atoms with van der Waals surface area (Å²) in [5, 5.41) is 0. The zero-order valence-electron chi connectivity index (χ0n) is 10.9. The molecule has 1 aromatic rings. The predicted octanol–water partition coefficient (Wildman–Crippen LogP) is 1.84. The first-order valence-electron chi connectivity index (χ1n) is 5.55. The van der Waals surface area contributed by atoms with Crippen molar-refractivity contribution in [2.45, 2.75) is 32.7 Å². The van der Waals surface area contributed by atoms with Crippen molar-refractivity contribution in [3.63, 3.8) is 0 Å². The van der Waals surface area contributed by atoms with E-state index in [1.165, 1.54) is 15.4 Å². The third kappa shape index (κ3) is 3.68. The van der Waals surface area contributed by atoms with Crippen LogP contribution in [0.4, 0.5) is 0 Å². The van der Waals surface area contributed by atoms with Crippen LogP contribution in [0.15, 0.2) is 18.2 Å². The molecule has 15 heavy (non-hydrogen) atoms. The molecule has 0 spiro atoms. The Morgan fingerprint density at radius 1 is 1.20 bits per heavy atom. The maximum absolute atomic E-state index is 2.32. The minimum absolute atomic E-state index is 0.251. The van der Waals surface area contributed by atoms with Crippen molar-refractivity contribution < 1.29 is 0 Å². The Labute approximate surface area is 103 Å². The normalized spacial score (nSPS) is 12.3. The first-order valence-corrected chi connectivity index (χ1v) is 5.55. The van der Waals surface area contributed by atoms with E-state index >= 15 is 0 Å². The summed E-state index contributed by atoms with van der Waals surface area (Å²) >= 11 is 2.20. The minimum atomic E-state index is 0.251. The SMILES string of the molecule is [Li][c]1cc(C(C)(C)C)ccc1CN(C)C. The van der Waals surface area contributed by atoms with Gasteiger partial charge in [-0.15, -0.1) is 0 Å². The van der Waals surface area contributed by atoms with Crippen LogP contribution in [0.3, 0.4) is 0 Å². The van der Waals surface area contributed by atoms with Crippen molar-refractivity contribution in [2.24, 2.45) is 0 Å². The van der Waals surface area contributed by atoms with Crippen LogP contribution in [0, 0.1) is 0 Å². The third-order valence-corrected chi connectivity index (χ3v) is 2.70. The Balaban J connectivity index is 2.98. The second-order valence-electron chi connectivity index (χ2n) is 5.63. The molecule has 1 aromatic carbocycles. The summed E-state index contributed by atoms with van der Waals surface area (Å²) in [7, 11) is 4.22. The molecule has 0 atom stereocenters. The van der Waals surface area contributed by atoms with Gasteiger partial charge in [-0.2, -0.15) is 0 Å². The first-order chi connectivity index (χ1) is 6.80. The van der Waals surface area contributed by atoms with Crippen LogP contribution in [-0.2, 0) is 12.0 Å². The molecule has 0 amide bonds. The van der Waals surface area contributed by atoms with Crippen LogP contribution in [0.5, 0.6) is 0 Å². The molecular weight excluding hydrogens is 177 g/mol. The van der Waals surface area contributed by atoms with Crippen LogP contribution in [0.1, 0.15) is 31.9 Å². The number of hydrogen-bond acceptors (Lipinski definition) is 1. The van der Waals surface area contributed by atoms with E-state index in [0.29, 0.717) is 0 Å². The number of nitrogens with zero attached hydrogens (tertiary/aromatic N) is 1. The Kier molecular flexibility index (Phi) is 4.06. The maximum atomic E-state index is 2.32. The number of rotatable bonds is 2. The molecule has 78 valence electrons. The Morgan fingerprint density at radius 2 is 1.80 bits per heavy atom. The van der Waals surface area contributed by atoms with Gasteiger partial charge in [-0.1, -0.05) is 0 Å². The fourth-order valence-corrected chi connectivity index (χ4v) is 1.68. The van der Waals surface area contributed by atoms with E-state index in [2.05, 4.69) is 75.7 Å². The van der Waals surface area contributed by atoms with Gasteiger partial charge < -0.3 is 0 Å². The van der Waals surface area contributed by atoms with Gasteiger partial charge in [-0.25, -0.2) is 0 Å². The molecule has 0 aliphatic carbocycles. The summed E-state index contributed by atoms with van der Waals surface area (Å²) in [5.74, 6) is 0. The van der Waals surface area contributed by atoms with Crippen molar-refractivity contribution >= 4 is 22.0 Å². The summed E-state index contributed by atoms with van der Waals surface area (Å²) in [6, 6.07) is 6.83. The quantitative estimate of drug-likeness (QED) is 0.654. The topological polar surface area (TPSA) is 3.24 Å². The summed E-state index contributed by atoms with van der Waals surface area (Å²) in [6.07, 6.45) is 0. The molecule has 0 aromatic heterocycles. The van der Waals surface area contributed by atoms with E-state index in [9.17, 15) is 0 Å². The van der Waals surface area contributed by atoms with Gasteiger partial charge in [0.25, 0.3) is 0 Å². The summed E-state index contributed by atoms with van der Waals surface area (Å²) in [4.78, 5) is 2.21. The molecule has 1 rings (SSSR count). The molecule has 1 nitrogen and oxygen atoms in total. The van der Waals surface area contributed by atoms with E-state index in [1.807, 2.05) is 0 Å². The van der Waals surface area contributed by atoms with E-state index < -0.39 is 0 Å².